The van der Waals surface area contributed by atoms with Gasteiger partial charge in [0, 0.05) is 24.2 Å². The fourth-order valence-corrected chi connectivity index (χ4v) is 2.36. The molecule has 0 bridgehead atoms. The van der Waals surface area contributed by atoms with Crippen LogP contribution in [0.15, 0.2) is 35.7 Å². The van der Waals surface area contributed by atoms with Crippen LogP contribution in [0.25, 0.3) is 0 Å². The molecule has 0 radical (unpaired) electrons. The molecule has 2 rings (SSSR count). The van der Waals surface area contributed by atoms with Crippen LogP contribution in [-0.2, 0) is 4.74 Å². The summed E-state index contributed by atoms with van der Waals surface area (Å²) in [6.07, 6.45) is 0. The predicted octanol–water partition coefficient (Wildman–Crippen LogP) is 2.27. The van der Waals surface area contributed by atoms with Crippen LogP contribution in [0.3, 0.4) is 0 Å². The van der Waals surface area contributed by atoms with E-state index in [0.717, 1.165) is 0 Å². The van der Waals surface area contributed by atoms with Crippen LogP contribution in [0.5, 0.6) is 0 Å². The van der Waals surface area contributed by atoms with Crippen molar-refractivity contribution in [3.63, 3.8) is 0 Å². The minimum absolute atomic E-state index is 0.143. The Balaban J connectivity index is 2.63. The average Bonchev–Trinajstić information content (AvgIpc) is 2.45. The van der Waals surface area contributed by atoms with Crippen LogP contribution in [0.2, 0.25) is 0 Å². The molecule has 19 heavy (non-hydrogen) atoms. The van der Waals surface area contributed by atoms with E-state index < -0.39 is 0 Å². The third-order valence-corrected chi connectivity index (χ3v) is 3.34. The summed E-state index contributed by atoms with van der Waals surface area (Å²) < 4.78 is 5.20. The first-order valence-electron chi connectivity index (χ1n) is 6.37. The average molecular weight is 259 g/mol. The minimum Gasteiger partial charge on any atom is -0.491 e. The highest BCUT2D eigenvalue weighted by molar-refractivity contribution is 6.25. The molecule has 0 amide bonds. The van der Waals surface area contributed by atoms with Crippen molar-refractivity contribution in [2.24, 2.45) is 0 Å². The summed E-state index contributed by atoms with van der Waals surface area (Å²) in [6.45, 7) is 5.20. The molecule has 0 N–H and O–H groups in total. The van der Waals surface area contributed by atoms with Crippen LogP contribution in [-0.4, -0.2) is 36.7 Å². The lowest BCUT2D eigenvalue weighted by molar-refractivity contribution is 0.0871. The number of allylic oxidation sites excluding steroid dienone is 2. The minimum atomic E-state index is -0.223. The number of benzene rings is 1. The number of carbonyl (C=O) groups excluding carboxylic acids is 2. The number of ketones is 2. The monoisotopic (exact) mass is 259 g/mol. The first-order valence-corrected chi connectivity index (χ1v) is 6.37. The standard InChI is InChI=1S/C15H17NO3/c1-4-16(5-2)12-13(17)10-8-6-7-9-11(10)14(18)15(12)19-3/h6-9H,4-5H2,1-3H3. The van der Waals surface area contributed by atoms with Crippen LogP contribution in [0.4, 0.5) is 0 Å². The maximum Gasteiger partial charge on any atom is 0.230 e. The van der Waals surface area contributed by atoms with E-state index in [-0.39, 0.29) is 17.3 Å². The Hall–Kier alpha value is -2.10. The number of fused-ring (bicyclic) bond motifs is 1. The largest absolute Gasteiger partial charge is 0.491 e. The molecule has 0 fully saturated rings. The fraction of sp³-hybridized carbons (Fsp3) is 0.333. The highest BCUT2D eigenvalue weighted by atomic mass is 16.5. The summed E-state index contributed by atoms with van der Waals surface area (Å²) in [5.41, 5.74) is 1.24. The topological polar surface area (TPSA) is 46.6 Å². The maximum atomic E-state index is 12.6. The molecular weight excluding hydrogens is 242 g/mol. The van der Waals surface area contributed by atoms with Gasteiger partial charge in [0.05, 0.1) is 7.11 Å². The zero-order valence-electron chi connectivity index (χ0n) is 11.4. The van der Waals surface area contributed by atoms with Crippen molar-refractivity contribution in [3.8, 4) is 0 Å². The van der Waals surface area contributed by atoms with E-state index >= 15 is 0 Å². The van der Waals surface area contributed by atoms with Crippen LogP contribution in [0, 0.1) is 0 Å². The summed E-state index contributed by atoms with van der Waals surface area (Å²) in [5, 5.41) is 0. The third-order valence-electron chi connectivity index (χ3n) is 3.34. The van der Waals surface area contributed by atoms with Gasteiger partial charge in [0.25, 0.3) is 0 Å². The van der Waals surface area contributed by atoms with E-state index in [2.05, 4.69) is 0 Å². The molecule has 0 spiro atoms. The number of rotatable bonds is 4. The van der Waals surface area contributed by atoms with Crippen molar-refractivity contribution in [1.29, 1.82) is 0 Å². The van der Waals surface area contributed by atoms with Crippen molar-refractivity contribution < 1.29 is 14.3 Å². The van der Waals surface area contributed by atoms with Gasteiger partial charge in [-0.25, -0.2) is 0 Å². The first kappa shape index (κ1) is 13.3. The van der Waals surface area contributed by atoms with Crippen molar-refractivity contribution in [1.82, 2.24) is 4.90 Å². The lowest BCUT2D eigenvalue weighted by Gasteiger charge is -2.28. The smallest absolute Gasteiger partial charge is 0.230 e. The quantitative estimate of drug-likeness (QED) is 0.832. The van der Waals surface area contributed by atoms with Crippen LogP contribution >= 0.6 is 0 Å². The van der Waals surface area contributed by atoms with E-state index in [9.17, 15) is 9.59 Å². The summed E-state index contributed by atoms with van der Waals surface area (Å²) in [5.74, 6) is -0.220. The second-order valence-corrected chi connectivity index (χ2v) is 4.26. The van der Waals surface area contributed by atoms with Gasteiger partial charge in [-0.15, -0.1) is 0 Å². The Morgan fingerprint density at radius 3 is 2.00 bits per heavy atom. The summed E-state index contributed by atoms with van der Waals surface area (Å²) in [7, 11) is 1.43. The maximum absolute atomic E-state index is 12.6. The van der Waals surface area contributed by atoms with E-state index in [1.165, 1.54) is 7.11 Å². The molecule has 0 aliphatic heterocycles. The van der Waals surface area contributed by atoms with Crippen molar-refractivity contribution in [3.05, 3.63) is 46.8 Å². The molecule has 0 saturated heterocycles. The van der Waals surface area contributed by atoms with Gasteiger partial charge in [-0.05, 0) is 13.8 Å². The highest BCUT2D eigenvalue weighted by Crippen LogP contribution is 2.28. The Kier molecular flexibility index (Phi) is 3.69. The molecule has 0 unspecified atom stereocenters. The number of ether oxygens (including phenoxy) is 1. The highest BCUT2D eigenvalue weighted by Gasteiger charge is 2.35. The molecule has 0 saturated carbocycles. The molecule has 0 atom stereocenters. The number of likely N-dealkylation sites (N-methyl/N-ethyl adjacent to an activating group) is 1. The van der Waals surface area contributed by atoms with Crippen LogP contribution in [0.1, 0.15) is 34.6 Å². The number of carbonyl (C=O) groups is 2. The summed E-state index contributed by atoms with van der Waals surface area (Å²) in [6, 6.07) is 6.86. The van der Waals surface area contributed by atoms with Gasteiger partial charge in [-0.2, -0.15) is 0 Å². The van der Waals surface area contributed by atoms with Gasteiger partial charge in [-0.3, -0.25) is 9.59 Å². The number of hydrogen-bond acceptors (Lipinski definition) is 4. The van der Waals surface area contributed by atoms with Crippen molar-refractivity contribution in [2.45, 2.75) is 13.8 Å². The Bertz CT molecular complexity index is 556. The normalized spacial score (nSPS) is 14.5. The van der Waals surface area contributed by atoms with E-state index in [1.807, 2.05) is 18.7 Å². The van der Waals surface area contributed by atoms with E-state index in [4.69, 9.17) is 4.74 Å². The predicted molar refractivity (Wildman–Crippen MR) is 72.1 cm³/mol. The molecule has 1 aromatic rings. The fourth-order valence-electron chi connectivity index (χ4n) is 2.36. The van der Waals surface area contributed by atoms with Gasteiger partial charge in [0.2, 0.25) is 11.6 Å². The molecular formula is C15H17NO3. The van der Waals surface area contributed by atoms with Crippen molar-refractivity contribution in [2.75, 3.05) is 20.2 Å². The molecule has 100 valence electrons. The van der Waals surface area contributed by atoms with Crippen LogP contribution < -0.4 is 0 Å². The Morgan fingerprint density at radius 1 is 1.00 bits per heavy atom. The van der Waals surface area contributed by atoms with Gasteiger partial charge in [0.1, 0.15) is 5.70 Å². The van der Waals surface area contributed by atoms with E-state index in [0.29, 0.717) is 29.9 Å². The molecule has 1 aliphatic carbocycles. The molecule has 1 aromatic carbocycles. The van der Waals surface area contributed by atoms with Gasteiger partial charge in [0.15, 0.2) is 5.76 Å². The summed E-state index contributed by atoms with van der Waals surface area (Å²) >= 11 is 0. The summed E-state index contributed by atoms with van der Waals surface area (Å²) in [4.78, 5) is 26.8. The first-order chi connectivity index (χ1) is 9.15. The Labute approximate surface area is 112 Å². The number of Topliss-reactive ketones (excluding diaryl/α,β-unsaturated/α-hetero) is 2. The SMILES string of the molecule is CCN(CC)C1=C(OC)C(=O)c2ccccc2C1=O. The molecule has 4 nitrogen and oxygen atoms in total. The Morgan fingerprint density at radius 2 is 1.53 bits per heavy atom. The lowest BCUT2D eigenvalue weighted by atomic mass is 9.90. The molecule has 4 heteroatoms. The number of hydrogen-bond donors (Lipinski definition) is 0. The zero-order valence-corrected chi connectivity index (χ0v) is 11.4. The number of methoxy groups -OCH3 is 1. The number of nitrogens with zero attached hydrogens (tertiary/aromatic N) is 1. The third kappa shape index (κ3) is 2.03. The van der Waals surface area contributed by atoms with Crippen molar-refractivity contribution >= 4 is 11.6 Å². The zero-order chi connectivity index (χ0) is 14.0. The molecule has 1 aliphatic rings. The van der Waals surface area contributed by atoms with E-state index in [1.54, 1.807) is 24.3 Å². The molecule has 0 aromatic heterocycles. The van der Waals surface area contributed by atoms with Gasteiger partial charge in [-0.1, -0.05) is 24.3 Å². The second-order valence-electron chi connectivity index (χ2n) is 4.26. The lowest BCUT2D eigenvalue weighted by Crippen LogP contribution is -2.34. The molecule has 0 heterocycles. The second kappa shape index (κ2) is 5.26. The van der Waals surface area contributed by atoms with Gasteiger partial charge < -0.3 is 9.64 Å². The van der Waals surface area contributed by atoms with Gasteiger partial charge >= 0.3 is 0 Å².